The highest BCUT2D eigenvalue weighted by atomic mass is 16.5. The maximum atomic E-state index is 11.5. The summed E-state index contributed by atoms with van der Waals surface area (Å²) in [5.74, 6) is 1.25. The second kappa shape index (κ2) is 7.41. The number of nitrogens with zero attached hydrogens (tertiary/aromatic N) is 1. The molecule has 116 valence electrons. The molecule has 0 amide bonds. The van der Waals surface area contributed by atoms with Crippen LogP contribution in [0.5, 0.6) is 0 Å². The van der Waals surface area contributed by atoms with Crippen LogP contribution in [0.3, 0.4) is 0 Å². The minimum Gasteiger partial charge on any atom is -0.469 e. The fraction of sp³-hybridized carbons (Fsp3) is 0.938. The first-order chi connectivity index (χ1) is 9.58. The lowest BCUT2D eigenvalue weighted by Crippen LogP contribution is -2.52. The second-order valence-corrected chi connectivity index (χ2v) is 6.83. The number of carbonyl (C=O) groups is 1. The monoisotopic (exact) mass is 282 g/mol. The van der Waals surface area contributed by atoms with Gasteiger partial charge in [0.15, 0.2) is 0 Å². The Hall–Kier alpha value is -0.610. The van der Waals surface area contributed by atoms with Crippen molar-refractivity contribution in [2.75, 3.05) is 26.7 Å². The minimum atomic E-state index is -0.0710. The Morgan fingerprint density at radius 1 is 1.30 bits per heavy atom. The number of hydrogen-bond acceptors (Lipinski definition) is 4. The van der Waals surface area contributed by atoms with Gasteiger partial charge in [0, 0.05) is 31.6 Å². The molecule has 0 radical (unpaired) electrons. The largest absolute Gasteiger partial charge is 0.469 e. The molecule has 2 atom stereocenters. The Morgan fingerprint density at radius 2 is 2.05 bits per heavy atom. The first-order valence-electron chi connectivity index (χ1n) is 8.12. The van der Waals surface area contributed by atoms with Crippen LogP contribution in [0.1, 0.15) is 46.0 Å². The standard InChI is InChI=1S/C16H30N2O2/c1-12(2)18-10-14(8-16(19)20-3)7-15(11-18)17-9-13-5-4-6-13/h12-15,17H,4-11H2,1-3H3. The average molecular weight is 282 g/mol. The van der Waals surface area contributed by atoms with Crippen LogP contribution >= 0.6 is 0 Å². The van der Waals surface area contributed by atoms with Crippen molar-refractivity contribution in [3.63, 3.8) is 0 Å². The Balaban J connectivity index is 1.84. The summed E-state index contributed by atoms with van der Waals surface area (Å²) in [4.78, 5) is 14.0. The maximum absolute atomic E-state index is 11.5. The van der Waals surface area contributed by atoms with Crippen LogP contribution in [0.4, 0.5) is 0 Å². The van der Waals surface area contributed by atoms with Gasteiger partial charge in [-0.3, -0.25) is 9.69 Å². The summed E-state index contributed by atoms with van der Waals surface area (Å²) in [7, 11) is 1.48. The van der Waals surface area contributed by atoms with E-state index in [-0.39, 0.29) is 5.97 Å². The zero-order valence-corrected chi connectivity index (χ0v) is 13.2. The van der Waals surface area contributed by atoms with Gasteiger partial charge in [-0.2, -0.15) is 0 Å². The Morgan fingerprint density at radius 3 is 2.60 bits per heavy atom. The van der Waals surface area contributed by atoms with Gasteiger partial charge in [0.2, 0.25) is 0 Å². The number of esters is 1. The van der Waals surface area contributed by atoms with Crippen molar-refractivity contribution in [1.82, 2.24) is 10.2 Å². The normalized spacial score (nSPS) is 28.4. The molecular weight excluding hydrogens is 252 g/mol. The van der Waals surface area contributed by atoms with Gasteiger partial charge in [-0.25, -0.2) is 0 Å². The Bertz CT molecular complexity index is 316. The molecule has 1 aliphatic carbocycles. The van der Waals surface area contributed by atoms with Crippen molar-refractivity contribution in [3.8, 4) is 0 Å². The summed E-state index contributed by atoms with van der Waals surface area (Å²) < 4.78 is 4.83. The van der Waals surface area contributed by atoms with E-state index in [0.29, 0.717) is 24.4 Å². The SMILES string of the molecule is COC(=O)CC1CC(NCC2CCC2)CN(C(C)C)C1. The summed E-state index contributed by atoms with van der Waals surface area (Å²) in [6.07, 6.45) is 5.84. The third-order valence-corrected chi connectivity index (χ3v) is 4.90. The number of ether oxygens (including phenoxy) is 1. The number of hydrogen-bond donors (Lipinski definition) is 1. The molecule has 2 aliphatic rings. The Labute approximate surface area is 123 Å². The highest BCUT2D eigenvalue weighted by molar-refractivity contribution is 5.69. The molecule has 20 heavy (non-hydrogen) atoms. The topological polar surface area (TPSA) is 41.6 Å². The van der Waals surface area contributed by atoms with Gasteiger partial charge in [-0.15, -0.1) is 0 Å². The predicted octanol–water partition coefficient (Wildman–Crippen LogP) is 2.04. The van der Waals surface area contributed by atoms with Crippen LogP contribution in [0.25, 0.3) is 0 Å². The fourth-order valence-electron chi connectivity index (χ4n) is 3.31. The number of carbonyl (C=O) groups excluding carboxylic acids is 1. The van der Waals surface area contributed by atoms with Crippen LogP contribution in [0, 0.1) is 11.8 Å². The lowest BCUT2D eigenvalue weighted by Gasteiger charge is -2.41. The van der Waals surface area contributed by atoms with Crippen molar-refractivity contribution < 1.29 is 9.53 Å². The number of methoxy groups -OCH3 is 1. The molecule has 1 N–H and O–H groups in total. The molecular formula is C16H30N2O2. The highest BCUT2D eigenvalue weighted by Gasteiger charge is 2.30. The van der Waals surface area contributed by atoms with Gasteiger partial charge in [0.1, 0.15) is 0 Å². The van der Waals surface area contributed by atoms with Crippen molar-refractivity contribution >= 4 is 5.97 Å². The van der Waals surface area contributed by atoms with Crippen molar-refractivity contribution in [3.05, 3.63) is 0 Å². The molecule has 0 spiro atoms. The molecule has 1 aliphatic heterocycles. The van der Waals surface area contributed by atoms with Gasteiger partial charge in [0.05, 0.1) is 7.11 Å². The first kappa shape index (κ1) is 15.8. The minimum absolute atomic E-state index is 0.0710. The van der Waals surface area contributed by atoms with E-state index in [9.17, 15) is 4.79 Å². The summed E-state index contributed by atoms with van der Waals surface area (Å²) >= 11 is 0. The van der Waals surface area contributed by atoms with Crippen LogP contribution in [-0.4, -0.2) is 49.7 Å². The molecule has 2 fully saturated rings. The Kier molecular flexibility index (Phi) is 5.85. The van der Waals surface area contributed by atoms with Gasteiger partial charge < -0.3 is 10.1 Å². The number of likely N-dealkylation sites (tertiary alicyclic amines) is 1. The fourth-order valence-corrected chi connectivity index (χ4v) is 3.31. The molecule has 0 bridgehead atoms. The van der Waals surface area contributed by atoms with Crippen LogP contribution < -0.4 is 5.32 Å². The van der Waals surface area contributed by atoms with E-state index in [2.05, 4.69) is 24.1 Å². The highest BCUT2D eigenvalue weighted by Crippen LogP contribution is 2.27. The average Bonchev–Trinajstić information content (AvgIpc) is 2.36. The number of piperidine rings is 1. The molecule has 2 rings (SSSR count). The van der Waals surface area contributed by atoms with E-state index in [0.717, 1.165) is 32.0 Å². The molecule has 1 saturated heterocycles. The van der Waals surface area contributed by atoms with Crippen LogP contribution in [-0.2, 0) is 9.53 Å². The summed E-state index contributed by atoms with van der Waals surface area (Å²) in [5, 5.41) is 3.74. The van der Waals surface area contributed by atoms with Crippen LogP contribution in [0.15, 0.2) is 0 Å². The van der Waals surface area contributed by atoms with Gasteiger partial charge in [-0.05, 0) is 51.5 Å². The zero-order chi connectivity index (χ0) is 14.5. The van der Waals surface area contributed by atoms with Crippen molar-refractivity contribution in [1.29, 1.82) is 0 Å². The van der Waals surface area contributed by atoms with Gasteiger partial charge >= 0.3 is 5.97 Å². The number of nitrogens with one attached hydrogen (secondary N) is 1. The van der Waals surface area contributed by atoms with Crippen molar-refractivity contribution in [2.45, 2.75) is 58.0 Å². The molecule has 4 heteroatoms. The van der Waals surface area contributed by atoms with E-state index in [4.69, 9.17) is 4.74 Å². The van der Waals surface area contributed by atoms with Crippen LogP contribution in [0.2, 0.25) is 0 Å². The van der Waals surface area contributed by atoms with Crippen molar-refractivity contribution in [2.24, 2.45) is 11.8 Å². The molecule has 2 unspecified atom stereocenters. The van der Waals surface area contributed by atoms with E-state index < -0.39 is 0 Å². The van der Waals surface area contributed by atoms with E-state index in [1.165, 1.54) is 26.4 Å². The molecule has 0 aromatic heterocycles. The lowest BCUT2D eigenvalue weighted by atomic mass is 9.84. The summed E-state index contributed by atoms with van der Waals surface area (Å²) in [6.45, 7) is 7.77. The van der Waals surface area contributed by atoms with E-state index in [1.807, 2.05) is 0 Å². The third-order valence-electron chi connectivity index (χ3n) is 4.90. The molecule has 0 aromatic carbocycles. The lowest BCUT2D eigenvalue weighted by molar-refractivity contribution is -0.142. The third kappa shape index (κ3) is 4.45. The summed E-state index contributed by atoms with van der Waals surface area (Å²) in [5.41, 5.74) is 0. The zero-order valence-electron chi connectivity index (χ0n) is 13.2. The first-order valence-corrected chi connectivity index (χ1v) is 8.12. The van der Waals surface area contributed by atoms with E-state index >= 15 is 0 Å². The smallest absolute Gasteiger partial charge is 0.305 e. The molecule has 0 aromatic rings. The molecule has 1 heterocycles. The maximum Gasteiger partial charge on any atom is 0.305 e. The van der Waals surface area contributed by atoms with Gasteiger partial charge in [-0.1, -0.05) is 6.42 Å². The predicted molar refractivity (Wildman–Crippen MR) is 80.6 cm³/mol. The van der Waals surface area contributed by atoms with Gasteiger partial charge in [0.25, 0.3) is 0 Å². The molecule has 1 saturated carbocycles. The second-order valence-electron chi connectivity index (χ2n) is 6.83. The summed E-state index contributed by atoms with van der Waals surface area (Å²) in [6, 6.07) is 1.07. The van der Waals surface area contributed by atoms with E-state index in [1.54, 1.807) is 0 Å². The quantitative estimate of drug-likeness (QED) is 0.757. The molecule has 4 nitrogen and oxygen atoms in total. The number of rotatable bonds is 6.